The van der Waals surface area contributed by atoms with Crippen molar-refractivity contribution in [3.63, 3.8) is 0 Å². The van der Waals surface area contributed by atoms with Gasteiger partial charge in [-0.05, 0) is 6.42 Å². The molecule has 4 N–H and O–H groups in total. The van der Waals surface area contributed by atoms with E-state index in [1.807, 2.05) is 12.2 Å². The van der Waals surface area contributed by atoms with Gasteiger partial charge in [0.25, 0.3) is 0 Å². The molecule has 0 aromatic heterocycles. The largest absolute Gasteiger partial charge is 0.329 e. The van der Waals surface area contributed by atoms with Crippen molar-refractivity contribution in [1.29, 1.82) is 0 Å². The van der Waals surface area contributed by atoms with Crippen LogP contribution in [-0.2, 0) is 0 Å². The average Bonchev–Trinajstić information content (AvgIpc) is 1.89. The van der Waals surface area contributed by atoms with Crippen molar-refractivity contribution in [1.82, 2.24) is 0 Å². The minimum atomic E-state index is 0.0983. The average molecular weight is 126 g/mol. The second-order valence-corrected chi connectivity index (χ2v) is 1.90. The Morgan fingerprint density at radius 1 is 1.56 bits per heavy atom. The summed E-state index contributed by atoms with van der Waals surface area (Å²) < 4.78 is 0. The van der Waals surface area contributed by atoms with Crippen molar-refractivity contribution < 1.29 is 0 Å². The Balaban J connectivity index is 3.25. The molecule has 0 heterocycles. The molecule has 0 spiro atoms. The van der Waals surface area contributed by atoms with Crippen LogP contribution in [0.2, 0.25) is 0 Å². The molecule has 0 radical (unpaired) electrons. The summed E-state index contributed by atoms with van der Waals surface area (Å²) in [6, 6.07) is 0.0983. The standard InChI is InChI=1S/C7H14N2/c1-2-3-4-5-7(9)6-8/h2-4,7H,1,5-6,8-9H2/b4-3+. The molecule has 2 nitrogen and oxygen atoms in total. The summed E-state index contributed by atoms with van der Waals surface area (Å²) >= 11 is 0. The molecule has 0 aromatic carbocycles. The van der Waals surface area contributed by atoms with Crippen LogP contribution in [0.5, 0.6) is 0 Å². The Bertz CT molecular complexity index is 97.1. The fourth-order valence-corrected chi connectivity index (χ4v) is 0.446. The van der Waals surface area contributed by atoms with Gasteiger partial charge in [-0.25, -0.2) is 0 Å². The van der Waals surface area contributed by atoms with Crippen molar-refractivity contribution in [2.45, 2.75) is 12.5 Å². The fraction of sp³-hybridized carbons (Fsp3) is 0.429. The summed E-state index contributed by atoms with van der Waals surface area (Å²) in [6.45, 7) is 4.07. The van der Waals surface area contributed by atoms with E-state index in [2.05, 4.69) is 6.58 Å². The smallest absolute Gasteiger partial charge is 0.0198 e. The molecule has 0 bridgehead atoms. The van der Waals surface area contributed by atoms with Gasteiger partial charge in [-0.2, -0.15) is 0 Å². The zero-order valence-electron chi connectivity index (χ0n) is 5.59. The third kappa shape index (κ3) is 5.27. The van der Waals surface area contributed by atoms with Crippen LogP contribution in [0.15, 0.2) is 24.8 Å². The summed E-state index contributed by atoms with van der Waals surface area (Å²) in [7, 11) is 0. The number of hydrogen-bond donors (Lipinski definition) is 2. The Hall–Kier alpha value is -0.600. The van der Waals surface area contributed by atoms with E-state index in [1.54, 1.807) is 6.08 Å². The van der Waals surface area contributed by atoms with E-state index >= 15 is 0 Å². The molecule has 0 aliphatic carbocycles. The van der Waals surface area contributed by atoms with E-state index in [0.29, 0.717) is 6.54 Å². The minimum Gasteiger partial charge on any atom is -0.329 e. The molecule has 0 amide bonds. The lowest BCUT2D eigenvalue weighted by molar-refractivity contribution is 0.693. The maximum atomic E-state index is 5.50. The molecule has 0 rings (SSSR count). The fourth-order valence-electron chi connectivity index (χ4n) is 0.446. The van der Waals surface area contributed by atoms with Gasteiger partial charge in [-0.3, -0.25) is 0 Å². The molecule has 0 fully saturated rings. The molecular weight excluding hydrogens is 112 g/mol. The van der Waals surface area contributed by atoms with Crippen molar-refractivity contribution in [3.05, 3.63) is 24.8 Å². The molecule has 1 unspecified atom stereocenters. The van der Waals surface area contributed by atoms with Crippen LogP contribution in [-0.4, -0.2) is 12.6 Å². The lowest BCUT2D eigenvalue weighted by Crippen LogP contribution is -2.28. The molecule has 0 aromatic rings. The van der Waals surface area contributed by atoms with Crippen molar-refractivity contribution in [2.24, 2.45) is 11.5 Å². The van der Waals surface area contributed by atoms with E-state index in [0.717, 1.165) is 6.42 Å². The predicted molar refractivity (Wildman–Crippen MR) is 41.0 cm³/mol. The summed E-state index contributed by atoms with van der Waals surface area (Å²) in [6.07, 6.45) is 6.39. The topological polar surface area (TPSA) is 52.0 Å². The van der Waals surface area contributed by atoms with Crippen molar-refractivity contribution >= 4 is 0 Å². The van der Waals surface area contributed by atoms with E-state index < -0.39 is 0 Å². The van der Waals surface area contributed by atoms with Crippen LogP contribution in [0, 0.1) is 0 Å². The second-order valence-electron chi connectivity index (χ2n) is 1.90. The van der Waals surface area contributed by atoms with Gasteiger partial charge in [0.05, 0.1) is 0 Å². The molecule has 52 valence electrons. The van der Waals surface area contributed by atoms with Gasteiger partial charge in [-0.1, -0.05) is 24.8 Å². The lowest BCUT2D eigenvalue weighted by Gasteiger charge is -2.01. The molecule has 2 heteroatoms. The van der Waals surface area contributed by atoms with Crippen LogP contribution in [0.4, 0.5) is 0 Å². The molecule has 9 heavy (non-hydrogen) atoms. The number of rotatable bonds is 4. The number of allylic oxidation sites excluding steroid dienone is 2. The van der Waals surface area contributed by atoms with Gasteiger partial charge in [-0.15, -0.1) is 0 Å². The molecule has 1 atom stereocenters. The molecule has 0 saturated carbocycles. The SMILES string of the molecule is C=C/C=C/CC(N)CN. The normalized spacial score (nSPS) is 14.0. The Morgan fingerprint density at radius 3 is 2.67 bits per heavy atom. The lowest BCUT2D eigenvalue weighted by atomic mass is 10.2. The van der Waals surface area contributed by atoms with E-state index in [9.17, 15) is 0 Å². The highest BCUT2D eigenvalue weighted by Gasteiger charge is 1.91. The van der Waals surface area contributed by atoms with Crippen molar-refractivity contribution in [2.75, 3.05) is 6.54 Å². The summed E-state index contributed by atoms with van der Waals surface area (Å²) in [4.78, 5) is 0. The first-order valence-electron chi connectivity index (χ1n) is 3.04. The first-order valence-corrected chi connectivity index (χ1v) is 3.04. The van der Waals surface area contributed by atoms with Crippen LogP contribution in [0.3, 0.4) is 0 Å². The molecule has 0 aliphatic rings. The third-order valence-electron chi connectivity index (χ3n) is 1.01. The zero-order chi connectivity index (χ0) is 7.11. The highest BCUT2D eigenvalue weighted by molar-refractivity contribution is 4.98. The number of hydrogen-bond acceptors (Lipinski definition) is 2. The zero-order valence-corrected chi connectivity index (χ0v) is 5.59. The van der Waals surface area contributed by atoms with Gasteiger partial charge in [0.2, 0.25) is 0 Å². The first-order chi connectivity index (χ1) is 4.31. The Labute approximate surface area is 56.2 Å². The van der Waals surface area contributed by atoms with Gasteiger partial charge in [0.15, 0.2) is 0 Å². The van der Waals surface area contributed by atoms with Crippen LogP contribution in [0.1, 0.15) is 6.42 Å². The summed E-state index contributed by atoms with van der Waals surface area (Å²) in [5.41, 5.74) is 10.8. The highest BCUT2D eigenvalue weighted by Crippen LogP contribution is 1.86. The van der Waals surface area contributed by atoms with E-state index in [4.69, 9.17) is 11.5 Å². The van der Waals surface area contributed by atoms with E-state index in [1.165, 1.54) is 0 Å². The van der Waals surface area contributed by atoms with Crippen LogP contribution in [0.25, 0.3) is 0 Å². The second kappa shape index (κ2) is 5.54. The Morgan fingerprint density at radius 2 is 2.22 bits per heavy atom. The quantitative estimate of drug-likeness (QED) is 0.536. The monoisotopic (exact) mass is 126 g/mol. The van der Waals surface area contributed by atoms with Gasteiger partial charge in [0, 0.05) is 12.6 Å². The highest BCUT2D eigenvalue weighted by atomic mass is 14.7. The predicted octanol–water partition coefficient (Wildman–Crippen LogP) is 0.405. The van der Waals surface area contributed by atoms with Gasteiger partial charge in [0.1, 0.15) is 0 Å². The van der Waals surface area contributed by atoms with E-state index in [-0.39, 0.29) is 6.04 Å². The molecule has 0 saturated heterocycles. The molecule has 0 aliphatic heterocycles. The third-order valence-corrected chi connectivity index (χ3v) is 1.01. The maximum absolute atomic E-state index is 5.50. The summed E-state index contributed by atoms with van der Waals surface area (Å²) in [5, 5.41) is 0. The summed E-state index contributed by atoms with van der Waals surface area (Å²) in [5.74, 6) is 0. The minimum absolute atomic E-state index is 0.0983. The van der Waals surface area contributed by atoms with Crippen LogP contribution >= 0.6 is 0 Å². The first kappa shape index (κ1) is 8.40. The maximum Gasteiger partial charge on any atom is 0.0198 e. The van der Waals surface area contributed by atoms with Crippen molar-refractivity contribution in [3.8, 4) is 0 Å². The van der Waals surface area contributed by atoms with Gasteiger partial charge >= 0.3 is 0 Å². The van der Waals surface area contributed by atoms with Gasteiger partial charge < -0.3 is 11.5 Å². The molecular formula is C7H14N2. The van der Waals surface area contributed by atoms with Crippen LogP contribution < -0.4 is 11.5 Å². The number of nitrogens with two attached hydrogens (primary N) is 2. The Kier molecular flexibility index (Phi) is 5.17.